The maximum atomic E-state index is 12.0. The molecular weight excluding hydrogens is 262 g/mol. The lowest BCUT2D eigenvalue weighted by molar-refractivity contribution is -0.139. The lowest BCUT2D eigenvalue weighted by Gasteiger charge is -2.05. The lowest BCUT2D eigenvalue weighted by atomic mass is 10.1. The zero-order valence-corrected chi connectivity index (χ0v) is 11.2. The minimum Gasteiger partial charge on any atom is -0.468 e. The van der Waals surface area contributed by atoms with E-state index in [4.69, 9.17) is 0 Å². The Morgan fingerprint density at radius 2 is 1.95 bits per heavy atom. The zero-order chi connectivity index (χ0) is 13.7. The zero-order valence-electron chi connectivity index (χ0n) is 10.4. The van der Waals surface area contributed by atoms with Gasteiger partial charge in [-0.15, -0.1) is 11.3 Å². The first-order valence-electron chi connectivity index (χ1n) is 5.70. The Bertz CT molecular complexity index is 577. The van der Waals surface area contributed by atoms with Crippen LogP contribution in [0, 0.1) is 0 Å². The Hall–Kier alpha value is -2.14. The number of rotatable bonds is 4. The van der Waals surface area contributed by atoms with E-state index in [0.29, 0.717) is 4.88 Å². The Labute approximate surface area is 115 Å². The highest BCUT2D eigenvalue weighted by atomic mass is 32.1. The first-order chi connectivity index (χ1) is 9.22. The van der Waals surface area contributed by atoms with E-state index in [1.807, 2.05) is 41.8 Å². The number of carbonyl (C=O) groups is 2. The van der Waals surface area contributed by atoms with Gasteiger partial charge in [0.2, 0.25) is 0 Å². The lowest BCUT2D eigenvalue weighted by Crippen LogP contribution is -2.29. The van der Waals surface area contributed by atoms with Crippen LogP contribution in [0.15, 0.2) is 41.8 Å². The predicted molar refractivity (Wildman–Crippen MR) is 74.1 cm³/mol. The summed E-state index contributed by atoms with van der Waals surface area (Å²) in [5.74, 6) is -0.731. The van der Waals surface area contributed by atoms with Crippen LogP contribution in [0.5, 0.6) is 0 Å². The van der Waals surface area contributed by atoms with E-state index in [9.17, 15) is 9.59 Å². The second kappa shape index (κ2) is 6.15. The molecule has 0 fully saturated rings. The van der Waals surface area contributed by atoms with E-state index in [-0.39, 0.29) is 12.5 Å². The standard InChI is InChI=1S/C14H13NO3S/c1-18-12(16)9-15-14(17)13-11(7-8-19-13)10-5-3-2-4-6-10/h2-8H,9H2,1H3,(H,15,17). The van der Waals surface area contributed by atoms with E-state index in [1.54, 1.807) is 0 Å². The Morgan fingerprint density at radius 3 is 2.63 bits per heavy atom. The third kappa shape index (κ3) is 3.20. The number of nitrogens with one attached hydrogen (secondary N) is 1. The first kappa shape index (κ1) is 13.3. The molecule has 1 heterocycles. The molecule has 1 aromatic heterocycles. The third-order valence-corrected chi connectivity index (χ3v) is 3.49. The van der Waals surface area contributed by atoms with Gasteiger partial charge in [0.25, 0.3) is 5.91 Å². The number of ether oxygens (including phenoxy) is 1. The number of methoxy groups -OCH3 is 1. The molecule has 5 heteroatoms. The van der Waals surface area contributed by atoms with Crippen LogP contribution >= 0.6 is 11.3 Å². The molecule has 19 heavy (non-hydrogen) atoms. The number of hydrogen-bond donors (Lipinski definition) is 1. The van der Waals surface area contributed by atoms with Crippen LogP contribution in [0.3, 0.4) is 0 Å². The number of carbonyl (C=O) groups excluding carboxylic acids is 2. The second-order valence-electron chi connectivity index (χ2n) is 3.79. The third-order valence-electron chi connectivity index (χ3n) is 2.58. The molecule has 4 nitrogen and oxygen atoms in total. The van der Waals surface area contributed by atoms with Gasteiger partial charge >= 0.3 is 5.97 Å². The van der Waals surface area contributed by atoms with Gasteiger partial charge < -0.3 is 10.1 Å². The molecule has 1 amide bonds. The van der Waals surface area contributed by atoms with Gasteiger partial charge in [0.1, 0.15) is 6.54 Å². The van der Waals surface area contributed by atoms with E-state index < -0.39 is 5.97 Å². The summed E-state index contributed by atoms with van der Waals surface area (Å²) in [6.45, 7) is -0.124. The van der Waals surface area contributed by atoms with E-state index >= 15 is 0 Å². The van der Waals surface area contributed by atoms with Crippen molar-refractivity contribution in [3.63, 3.8) is 0 Å². The maximum Gasteiger partial charge on any atom is 0.325 e. The first-order valence-corrected chi connectivity index (χ1v) is 6.58. The van der Waals surface area contributed by atoms with Gasteiger partial charge in [-0.25, -0.2) is 0 Å². The molecule has 2 rings (SSSR count). The van der Waals surface area contributed by atoms with Crippen LogP contribution in [0.2, 0.25) is 0 Å². The molecule has 1 N–H and O–H groups in total. The summed E-state index contributed by atoms with van der Waals surface area (Å²) in [4.78, 5) is 23.6. The Balaban J connectivity index is 2.16. The highest BCUT2D eigenvalue weighted by molar-refractivity contribution is 7.12. The smallest absolute Gasteiger partial charge is 0.325 e. The van der Waals surface area contributed by atoms with Gasteiger partial charge in [0, 0.05) is 5.56 Å². The number of esters is 1. The summed E-state index contributed by atoms with van der Waals surface area (Å²) in [6, 6.07) is 11.5. The fourth-order valence-electron chi connectivity index (χ4n) is 1.64. The minimum absolute atomic E-state index is 0.124. The van der Waals surface area contributed by atoms with Crippen molar-refractivity contribution in [3.8, 4) is 11.1 Å². The predicted octanol–water partition coefficient (Wildman–Crippen LogP) is 2.32. The molecule has 0 aliphatic carbocycles. The van der Waals surface area contributed by atoms with Crippen LogP contribution in [-0.4, -0.2) is 25.5 Å². The average Bonchev–Trinajstić information content (AvgIpc) is 2.94. The minimum atomic E-state index is -0.467. The van der Waals surface area contributed by atoms with Crippen molar-refractivity contribution in [2.45, 2.75) is 0 Å². The largest absolute Gasteiger partial charge is 0.468 e. The molecule has 0 aliphatic rings. The van der Waals surface area contributed by atoms with Crippen molar-refractivity contribution in [1.29, 1.82) is 0 Å². The molecule has 2 aromatic rings. The Morgan fingerprint density at radius 1 is 1.21 bits per heavy atom. The second-order valence-corrected chi connectivity index (χ2v) is 4.70. The fourth-order valence-corrected chi connectivity index (χ4v) is 2.47. The quantitative estimate of drug-likeness (QED) is 0.871. The number of benzene rings is 1. The average molecular weight is 275 g/mol. The van der Waals surface area contributed by atoms with E-state index in [1.165, 1.54) is 18.4 Å². The van der Waals surface area contributed by atoms with Crippen molar-refractivity contribution >= 4 is 23.2 Å². The van der Waals surface area contributed by atoms with Crippen molar-refractivity contribution in [2.24, 2.45) is 0 Å². The van der Waals surface area contributed by atoms with Gasteiger partial charge in [-0.3, -0.25) is 9.59 Å². The summed E-state index contributed by atoms with van der Waals surface area (Å²) in [5, 5.41) is 4.40. The van der Waals surface area contributed by atoms with Gasteiger partial charge in [-0.1, -0.05) is 30.3 Å². The normalized spacial score (nSPS) is 9.95. The van der Waals surface area contributed by atoms with Gasteiger partial charge in [0.05, 0.1) is 12.0 Å². The molecule has 0 aliphatic heterocycles. The summed E-state index contributed by atoms with van der Waals surface area (Å²) >= 11 is 1.35. The fraction of sp³-hybridized carbons (Fsp3) is 0.143. The van der Waals surface area contributed by atoms with Gasteiger partial charge in [-0.2, -0.15) is 0 Å². The molecule has 98 valence electrons. The van der Waals surface area contributed by atoms with E-state index in [0.717, 1.165) is 11.1 Å². The molecule has 0 saturated carbocycles. The number of hydrogen-bond acceptors (Lipinski definition) is 4. The van der Waals surface area contributed by atoms with Gasteiger partial charge in [0.15, 0.2) is 0 Å². The molecule has 0 saturated heterocycles. The van der Waals surface area contributed by atoms with Crippen molar-refractivity contribution in [2.75, 3.05) is 13.7 Å². The molecule has 0 radical (unpaired) electrons. The SMILES string of the molecule is COC(=O)CNC(=O)c1sccc1-c1ccccc1. The summed E-state index contributed by atoms with van der Waals surface area (Å²) in [7, 11) is 1.29. The van der Waals surface area contributed by atoms with Crippen LogP contribution in [0.1, 0.15) is 9.67 Å². The highest BCUT2D eigenvalue weighted by Gasteiger charge is 2.15. The number of amides is 1. The molecule has 0 unspecified atom stereocenters. The van der Waals surface area contributed by atoms with Crippen LogP contribution in [0.25, 0.3) is 11.1 Å². The summed E-state index contributed by atoms with van der Waals surface area (Å²) in [5.41, 5.74) is 1.85. The van der Waals surface area contributed by atoms with Crippen molar-refractivity contribution in [1.82, 2.24) is 5.32 Å². The molecule has 1 aromatic carbocycles. The van der Waals surface area contributed by atoms with Crippen LogP contribution in [0.4, 0.5) is 0 Å². The topological polar surface area (TPSA) is 55.4 Å². The number of thiophene rings is 1. The molecule has 0 atom stereocenters. The molecular formula is C14H13NO3S. The van der Waals surface area contributed by atoms with Crippen LogP contribution in [-0.2, 0) is 9.53 Å². The van der Waals surface area contributed by atoms with Gasteiger partial charge in [-0.05, 0) is 17.0 Å². The van der Waals surface area contributed by atoms with Crippen molar-refractivity contribution < 1.29 is 14.3 Å². The monoisotopic (exact) mass is 275 g/mol. The highest BCUT2D eigenvalue weighted by Crippen LogP contribution is 2.27. The van der Waals surface area contributed by atoms with Crippen LogP contribution < -0.4 is 5.32 Å². The van der Waals surface area contributed by atoms with Crippen molar-refractivity contribution in [3.05, 3.63) is 46.7 Å². The molecule has 0 spiro atoms. The summed E-state index contributed by atoms with van der Waals surface area (Å²) in [6.07, 6.45) is 0. The molecule has 0 bridgehead atoms. The Kier molecular flexibility index (Phi) is 4.30. The summed E-state index contributed by atoms with van der Waals surface area (Å²) < 4.78 is 4.48. The maximum absolute atomic E-state index is 12.0. The van der Waals surface area contributed by atoms with E-state index in [2.05, 4.69) is 10.1 Å².